The van der Waals surface area contributed by atoms with Crippen LogP contribution in [0.5, 0.6) is 0 Å². The van der Waals surface area contributed by atoms with Crippen molar-refractivity contribution in [2.45, 2.75) is 321 Å². The molecule has 0 spiro atoms. The summed E-state index contributed by atoms with van der Waals surface area (Å²) in [4.78, 5) is 25.6. The lowest BCUT2D eigenvalue weighted by atomic mass is 10.0. The highest BCUT2D eigenvalue weighted by molar-refractivity contribution is 7.45. The molecular weight excluding hydrogens is 960 g/mol. The lowest BCUT2D eigenvalue weighted by molar-refractivity contribution is -0.870. The molecule has 0 bridgehead atoms. The minimum atomic E-state index is -4.58. The molecule has 0 heterocycles. The number of phosphoric ester groups is 1. The zero-order valence-corrected chi connectivity index (χ0v) is 51.9. The quantitative estimate of drug-likeness (QED) is 0.0272. The Kier molecular flexibility index (Phi) is 56.5. The maximum absolute atomic E-state index is 13.0. The van der Waals surface area contributed by atoms with E-state index in [0.29, 0.717) is 23.9 Å². The van der Waals surface area contributed by atoms with Crippen molar-refractivity contribution in [1.82, 2.24) is 5.32 Å². The summed E-state index contributed by atoms with van der Waals surface area (Å²) >= 11 is 0. The average Bonchev–Trinajstić information content (AvgIpc) is 3.38. The van der Waals surface area contributed by atoms with E-state index in [2.05, 4.69) is 79.9 Å². The van der Waals surface area contributed by atoms with Crippen molar-refractivity contribution in [3.05, 3.63) is 60.8 Å². The SMILES string of the molecule is CC/C=C\C/C=C\C/C=C\C/C=C\C/C=C\CCCCCCCCCCCCCCCCCCCCCC(=O)NC(COP(=O)([O-])OCC[N+](C)(C)C)C(O)CCCCCCCCCCCCCCCCCCCCC. The first-order valence-electron chi connectivity index (χ1n) is 32.6. The molecule has 0 saturated heterocycles. The van der Waals surface area contributed by atoms with Crippen LogP contribution in [0.1, 0.15) is 309 Å². The van der Waals surface area contributed by atoms with Gasteiger partial charge in [0.25, 0.3) is 7.82 Å². The monoisotopic (exact) mass is 1090 g/mol. The third-order valence-corrected chi connectivity index (χ3v) is 15.7. The molecule has 0 aliphatic carbocycles. The van der Waals surface area contributed by atoms with Crippen LogP contribution in [0.3, 0.4) is 0 Å². The number of carbonyl (C=O) groups is 1. The maximum atomic E-state index is 13.0. The number of hydrogen-bond acceptors (Lipinski definition) is 6. The Morgan fingerprint density at radius 3 is 1.17 bits per heavy atom. The van der Waals surface area contributed by atoms with Crippen LogP contribution in [0.4, 0.5) is 0 Å². The molecule has 0 saturated carbocycles. The van der Waals surface area contributed by atoms with E-state index in [1.807, 2.05) is 21.1 Å². The Hall–Kier alpha value is -1.80. The summed E-state index contributed by atoms with van der Waals surface area (Å²) in [6, 6.07) is -0.801. The Bertz CT molecular complexity index is 1420. The second-order valence-corrected chi connectivity index (χ2v) is 24.9. The number of nitrogens with one attached hydrogen (secondary N) is 1. The van der Waals surface area contributed by atoms with Gasteiger partial charge in [0.2, 0.25) is 5.91 Å². The lowest BCUT2D eigenvalue weighted by Gasteiger charge is -2.30. The van der Waals surface area contributed by atoms with E-state index in [-0.39, 0.29) is 19.1 Å². The van der Waals surface area contributed by atoms with Gasteiger partial charge in [-0.2, -0.15) is 0 Å². The van der Waals surface area contributed by atoms with Gasteiger partial charge >= 0.3 is 0 Å². The highest BCUT2D eigenvalue weighted by atomic mass is 31.2. The third-order valence-electron chi connectivity index (χ3n) is 14.8. The highest BCUT2D eigenvalue weighted by Gasteiger charge is 2.24. The maximum Gasteiger partial charge on any atom is 0.268 e. The number of carbonyl (C=O) groups excluding carboxylic acids is 1. The van der Waals surface area contributed by atoms with Crippen LogP contribution in [0.25, 0.3) is 0 Å². The molecule has 0 aromatic heterocycles. The van der Waals surface area contributed by atoms with Crippen molar-refractivity contribution in [1.29, 1.82) is 0 Å². The summed E-state index contributed by atoms with van der Waals surface area (Å²) in [5, 5.41) is 14.1. The zero-order valence-electron chi connectivity index (χ0n) is 51.0. The van der Waals surface area contributed by atoms with Crippen molar-refractivity contribution in [3.8, 4) is 0 Å². The number of aliphatic hydroxyl groups excluding tert-OH is 1. The van der Waals surface area contributed by atoms with Crippen molar-refractivity contribution in [3.63, 3.8) is 0 Å². The van der Waals surface area contributed by atoms with Crippen LogP contribution in [-0.4, -0.2) is 68.5 Å². The number of quaternary nitrogens is 1. The summed E-state index contributed by atoms with van der Waals surface area (Å²) in [5.74, 6) is -0.160. The van der Waals surface area contributed by atoms with Gasteiger partial charge in [0.15, 0.2) is 0 Å². The minimum Gasteiger partial charge on any atom is -0.756 e. The van der Waals surface area contributed by atoms with Gasteiger partial charge in [-0.15, -0.1) is 0 Å². The van der Waals surface area contributed by atoms with Crippen molar-refractivity contribution < 1.29 is 32.9 Å². The van der Waals surface area contributed by atoms with Gasteiger partial charge < -0.3 is 28.8 Å². The standard InChI is InChI=1S/C67H127N2O6P/c1-6-8-10-12-14-16-18-20-22-24-26-27-28-29-30-31-32-33-34-35-36-37-38-39-40-41-43-45-47-49-51-53-55-57-59-61-67(71)68-65(64-75-76(72,73)74-63-62-69(3,4)5)66(70)60-58-56-54-52-50-48-46-44-42-25-23-21-19-17-15-13-11-9-7-2/h8,10,14,16,20,22,26-27,29-30,65-66,70H,6-7,9,11-13,15,17-19,21,23-25,28,31-64H2,1-5H3,(H-,68,71,72,73)/b10-8-,16-14-,22-20-,27-26-,30-29-. The first-order valence-corrected chi connectivity index (χ1v) is 34.1. The smallest absolute Gasteiger partial charge is 0.268 e. The Balaban J connectivity index is 4.00. The highest BCUT2D eigenvalue weighted by Crippen LogP contribution is 2.38. The second kappa shape index (κ2) is 57.9. The summed E-state index contributed by atoms with van der Waals surface area (Å²) < 4.78 is 23.5. The van der Waals surface area contributed by atoms with Crippen molar-refractivity contribution in [2.24, 2.45) is 0 Å². The largest absolute Gasteiger partial charge is 0.756 e. The normalized spacial score (nSPS) is 14.1. The van der Waals surface area contributed by atoms with E-state index in [4.69, 9.17) is 9.05 Å². The number of rotatable bonds is 60. The topological polar surface area (TPSA) is 108 Å². The lowest BCUT2D eigenvalue weighted by Crippen LogP contribution is -2.46. The molecule has 0 aromatic rings. The first-order chi connectivity index (χ1) is 37.0. The number of hydrogen-bond donors (Lipinski definition) is 2. The molecule has 446 valence electrons. The molecule has 9 heteroatoms. The number of unbranched alkanes of at least 4 members (excludes halogenated alkanes) is 37. The number of aliphatic hydroxyl groups is 1. The van der Waals surface area contributed by atoms with Gasteiger partial charge in [0, 0.05) is 6.42 Å². The van der Waals surface area contributed by atoms with E-state index in [1.54, 1.807) is 0 Å². The van der Waals surface area contributed by atoms with E-state index < -0.39 is 20.0 Å². The number of amides is 1. The molecular formula is C67H127N2O6P. The number of likely N-dealkylation sites (N-methyl/N-ethyl adjacent to an activating group) is 1. The van der Waals surface area contributed by atoms with Gasteiger partial charge in [-0.3, -0.25) is 9.36 Å². The van der Waals surface area contributed by atoms with E-state index in [0.717, 1.165) is 70.6 Å². The van der Waals surface area contributed by atoms with Crippen molar-refractivity contribution >= 4 is 13.7 Å². The van der Waals surface area contributed by atoms with E-state index in [9.17, 15) is 19.4 Å². The van der Waals surface area contributed by atoms with Crippen molar-refractivity contribution in [2.75, 3.05) is 40.9 Å². The van der Waals surface area contributed by atoms with Crippen LogP contribution in [0.15, 0.2) is 60.8 Å². The fourth-order valence-corrected chi connectivity index (χ4v) is 10.4. The number of nitrogens with zero attached hydrogens (tertiary/aromatic N) is 1. The minimum absolute atomic E-state index is 0.0129. The summed E-state index contributed by atoms with van der Waals surface area (Å²) in [6.07, 6.45) is 78.5. The van der Waals surface area contributed by atoms with Crippen LogP contribution >= 0.6 is 7.82 Å². The number of allylic oxidation sites excluding steroid dienone is 10. The number of phosphoric acid groups is 1. The van der Waals surface area contributed by atoms with Crippen LogP contribution in [-0.2, 0) is 18.4 Å². The predicted molar refractivity (Wildman–Crippen MR) is 330 cm³/mol. The molecule has 76 heavy (non-hydrogen) atoms. The van der Waals surface area contributed by atoms with Crippen LogP contribution in [0.2, 0.25) is 0 Å². The third kappa shape index (κ3) is 59.9. The first kappa shape index (κ1) is 74.2. The fourth-order valence-electron chi connectivity index (χ4n) is 9.72. The molecule has 8 nitrogen and oxygen atoms in total. The zero-order chi connectivity index (χ0) is 55.6. The molecule has 0 aliphatic rings. The summed E-state index contributed by atoms with van der Waals surface area (Å²) in [6.45, 7) is 4.65. The van der Waals surface area contributed by atoms with Gasteiger partial charge in [-0.25, -0.2) is 0 Å². The molecule has 3 atom stereocenters. The Labute approximate surface area is 472 Å². The Morgan fingerprint density at radius 1 is 0.474 bits per heavy atom. The molecule has 3 unspecified atom stereocenters. The van der Waals surface area contributed by atoms with Gasteiger partial charge in [0.05, 0.1) is 39.9 Å². The van der Waals surface area contributed by atoms with Gasteiger partial charge in [0.1, 0.15) is 13.2 Å². The Morgan fingerprint density at radius 2 is 0.803 bits per heavy atom. The van der Waals surface area contributed by atoms with Crippen LogP contribution < -0.4 is 10.2 Å². The summed E-state index contributed by atoms with van der Waals surface area (Å²) in [7, 11) is 1.32. The predicted octanol–water partition coefficient (Wildman–Crippen LogP) is 19.8. The molecule has 0 aromatic carbocycles. The summed E-state index contributed by atoms with van der Waals surface area (Å²) in [5.41, 5.74) is 0. The molecule has 1 amide bonds. The molecule has 2 N–H and O–H groups in total. The molecule has 0 rings (SSSR count). The molecule has 0 radical (unpaired) electrons. The van der Waals surface area contributed by atoms with Crippen LogP contribution in [0, 0.1) is 0 Å². The fraction of sp³-hybridized carbons (Fsp3) is 0.836. The second-order valence-electron chi connectivity index (χ2n) is 23.4. The average molecular weight is 1090 g/mol. The molecule has 0 fully saturated rings. The molecule has 0 aliphatic heterocycles. The van der Waals surface area contributed by atoms with E-state index in [1.165, 1.54) is 212 Å². The van der Waals surface area contributed by atoms with Gasteiger partial charge in [-0.1, -0.05) is 306 Å². The van der Waals surface area contributed by atoms with Gasteiger partial charge in [-0.05, 0) is 57.8 Å². The van der Waals surface area contributed by atoms with E-state index >= 15 is 0 Å².